The number of esters is 1. The van der Waals surface area contributed by atoms with Gasteiger partial charge in [-0.1, -0.05) is 12.1 Å². The largest absolute Gasteiger partial charge is 0.497 e. The summed E-state index contributed by atoms with van der Waals surface area (Å²) in [4.78, 5) is 16.5. The van der Waals surface area contributed by atoms with Crippen LogP contribution in [0.3, 0.4) is 0 Å². The molecular weight excluding hydrogens is 335 g/mol. The Morgan fingerprint density at radius 2 is 1.96 bits per heavy atom. The minimum atomic E-state index is -0.362. The lowest BCUT2D eigenvalue weighted by molar-refractivity contribution is -0.142. The van der Waals surface area contributed by atoms with Gasteiger partial charge in [0.2, 0.25) is 0 Å². The number of rotatable bonds is 6. The Bertz CT molecular complexity index is 904. The third-order valence-corrected chi connectivity index (χ3v) is 3.86. The van der Waals surface area contributed by atoms with E-state index in [2.05, 4.69) is 4.98 Å². The number of ether oxygens (including phenoxy) is 2. The Morgan fingerprint density at radius 1 is 1.19 bits per heavy atom. The van der Waals surface area contributed by atoms with Crippen molar-refractivity contribution in [3.8, 4) is 22.7 Å². The molecule has 0 bridgehead atoms. The molecule has 0 radical (unpaired) electrons. The molecule has 0 saturated carbocycles. The van der Waals surface area contributed by atoms with E-state index in [1.54, 1.807) is 30.7 Å². The SMILES string of the molecule is CCOC(=O)Cc1nc(-c2cccc(OC)c2)cn1-c1ccc(F)cc1. The number of carbonyl (C=O) groups is 1. The highest BCUT2D eigenvalue weighted by atomic mass is 19.1. The van der Waals surface area contributed by atoms with Crippen molar-refractivity contribution in [3.63, 3.8) is 0 Å². The molecule has 0 unspecified atom stereocenters. The van der Waals surface area contributed by atoms with E-state index in [0.29, 0.717) is 29.6 Å². The molecule has 2 aromatic carbocycles. The van der Waals surface area contributed by atoms with Crippen molar-refractivity contribution in [2.24, 2.45) is 0 Å². The van der Waals surface area contributed by atoms with Crippen LogP contribution < -0.4 is 4.74 Å². The highest BCUT2D eigenvalue weighted by Crippen LogP contribution is 2.25. The van der Waals surface area contributed by atoms with E-state index in [0.717, 1.165) is 5.56 Å². The summed E-state index contributed by atoms with van der Waals surface area (Å²) in [7, 11) is 1.60. The molecule has 0 fully saturated rings. The summed E-state index contributed by atoms with van der Waals surface area (Å²) in [5.74, 6) is 0.547. The summed E-state index contributed by atoms with van der Waals surface area (Å²) in [6, 6.07) is 13.5. The maximum atomic E-state index is 13.3. The monoisotopic (exact) mass is 354 g/mol. The minimum Gasteiger partial charge on any atom is -0.497 e. The van der Waals surface area contributed by atoms with Crippen molar-refractivity contribution in [2.45, 2.75) is 13.3 Å². The van der Waals surface area contributed by atoms with Gasteiger partial charge < -0.3 is 14.0 Å². The van der Waals surface area contributed by atoms with Crippen LogP contribution in [0, 0.1) is 5.82 Å². The number of hydrogen-bond acceptors (Lipinski definition) is 4. The Labute approximate surface area is 151 Å². The molecule has 1 aromatic heterocycles. The van der Waals surface area contributed by atoms with Crippen molar-refractivity contribution in [3.05, 3.63) is 66.4 Å². The fourth-order valence-electron chi connectivity index (χ4n) is 2.63. The minimum absolute atomic E-state index is 0.0230. The van der Waals surface area contributed by atoms with Crippen LogP contribution >= 0.6 is 0 Å². The Kier molecular flexibility index (Phi) is 5.31. The van der Waals surface area contributed by atoms with Crippen LogP contribution in [0.1, 0.15) is 12.7 Å². The van der Waals surface area contributed by atoms with Gasteiger partial charge in [0.1, 0.15) is 23.8 Å². The van der Waals surface area contributed by atoms with Crippen molar-refractivity contribution in [2.75, 3.05) is 13.7 Å². The first kappa shape index (κ1) is 17.7. The third-order valence-electron chi connectivity index (χ3n) is 3.86. The fourth-order valence-corrected chi connectivity index (χ4v) is 2.63. The number of hydrogen-bond donors (Lipinski definition) is 0. The number of benzene rings is 2. The van der Waals surface area contributed by atoms with Gasteiger partial charge in [0.15, 0.2) is 0 Å². The zero-order valence-corrected chi connectivity index (χ0v) is 14.6. The lowest BCUT2D eigenvalue weighted by Gasteiger charge is -2.07. The number of halogens is 1. The van der Waals surface area contributed by atoms with Crippen LogP contribution in [0.4, 0.5) is 4.39 Å². The van der Waals surface area contributed by atoms with Crippen LogP contribution in [-0.4, -0.2) is 29.2 Å². The van der Waals surface area contributed by atoms with Crippen LogP contribution in [0.15, 0.2) is 54.7 Å². The van der Waals surface area contributed by atoms with Crippen LogP contribution in [0.25, 0.3) is 16.9 Å². The molecule has 0 aliphatic carbocycles. The van der Waals surface area contributed by atoms with E-state index in [1.807, 2.05) is 30.5 Å². The summed E-state index contributed by atoms with van der Waals surface area (Å²) < 4.78 is 25.3. The maximum absolute atomic E-state index is 13.3. The third kappa shape index (κ3) is 3.91. The highest BCUT2D eigenvalue weighted by Gasteiger charge is 2.15. The molecule has 0 atom stereocenters. The second kappa shape index (κ2) is 7.82. The van der Waals surface area contributed by atoms with Crippen molar-refractivity contribution in [1.29, 1.82) is 0 Å². The molecule has 134 valence electrons. The zero-order valence-electron chi connectivity index (χ0n) is 14.6. The Hall–Kier alpha value is -3.15. The predicted octanol–water partition coefficient (Wildman–Crippen LogP) is 3.79. The molecule has 5 nitrogen and oxygen atoms in total. The average Bonchev–Trinajstić information content (AvgIpc) is 3.06. The molecular formula is C20H19FN2O3. The number of methoxy groups -OCH3 is 1. The molecule has 0 N–H and O–H groups in total. The van der Waals surface area contributed by atoms with Gasteiger partial charge in [-0.15, -0.1) is 0 Å². The van der Waals surface area contributed by atoms with E-state index in [1.165, 1.54) is 12.1 Å². The second-order valence-corrected chi connectivity index (χ2v) is 5.60. The van der Waals surface area contributed by atoms with E-state index in [4.69, 9.17) is 9.47 Å². The lowest BCUT2D eigenvalue weighted by atomic mass is 10.1. The number of carbonyl (C=O) groups excluding carboxylic acids is 1. The molecule has 3 aromatic rings. The topological polar surface area (TPSA) is 53.4 Å². The summed E-state index contributed by atoms with van der Waals surface area (Å²) >= 11 is 0. The predicted molar refractivity (Wildman–Crippen MR) is 95.8 cm³/mol. The van der Waals surface area contributed by atoms with Gasteiger partial charge in [-0.25, -0.2) is 9.37 Å². The van der Waals surface area contributed by atoms with Crippen LogP contribution in [0.5, 0.6) is 5.75 Å². The number of nitrogens with zero attached hydrogens (tertiary/aromatic N) is 2. The zero-order chi connectivity index (χ0) is 18.5. The average molecular weight is 354 g/mol. The maximum Gasteiger partial charge on any atom is 0.313 e. The van der Waals surface area contributed by atoms with Crippen LogP contribution in [-0.2, 0) is 16.0 Å². The van der Waals surface area contributed by atoms with Gasteiger partial charge >= 0.3 is 5.97 Å². The first-order chi connectivity index (χ1) is 12.6. The molecule has 0 amide bonds. The van der Waals surface area contributed by atoms with E-state index in [-0.39, 0.29) is 18.2 Å². The first-order valence-corrected chi connectivity index (χ1v) is 8.25. The first-order valence-electron chi connectivity index (χ1n) is 8.25. The number of imidazole rings is 1. The van der Waals surface area contributed by atoms with Crippen LogP contribution in [0.2, 0.25) is 0 Å². The normalized spacial score (nSPS) is 10.6. The molecule has 0 spiro atoms. The molecule has 3 rings (SSSR count). The molecule has 1 heterocycles. The van der Waals surface area contributed by atoms with E-state index >= 15 is 0 Å². The fraction of sp³-hybridized carbons (Fsp3) is 0.200. The van der Waals surface area contributed by atoms with Crippen molar-refractivity contribution in [1.82, 2.24) is 9.55 Å². The summed E-state index contributed by atoms with van der Waals surface area (Å²) in [5, 5.41) is 0. The smallest absolute Gasteiger partial charge is 0.313 e. The van der Waals surface area contributed by atoms with Crippen molar-refractivity contribution >= 4 is 5.97 Å². The van der Waals surface area contributed by atoms with Gasteiger partial charge in [0.05, 0.1) is 19.4 Å². The Morgan fingerprint density at radius 3 is 2.65 bits per heavy atom. The summed E-state index contributed by atoms with van der Waals surface area (Å²) in [6.45, 7) is 2.06. The molecule has 6 heteroatoms. The lowest BCUT2D eigenvalue weighted by Crippen LogP contribution is -2.11. The van der Waals surface area contributed by atoms with E-state index < -0.39 is 0 Å². The summed E-state index contributed by atoms with van der Waals surface area (Å²) in [6.07, 6.45) is 1.84. The second-order valence-electron chi connectivity index (χ2n) is 5.60. The van der Waals surface area contributed by atoms with Crippen molar-refractivity contribution < 1.29 is 18.7 Å². The quantitative estimate of drug-likeness (QED) is 0.632. The standard InChI is InChI=1S/C20H19FN2O3/c1-3-26-20(24)12-19-22-18(14-5-4-6-17(11-14)25-2)13-23(19)16-9-7-15(21)8-10-16/h4-11,13H,3,12H2,1-2H3. The van der Waals surface area contributed by atoms with Gasteiger partial charge in [0, 0.05) is 17.4 Å². The highest BCUT2D eigenvalue weighted by molar-refractivity contribution is 5.72. The molecule has 0 aliphatic rings. The number of aromatic nitrogens is 2. The van der Waals surface area contributed by atoms with Gasteiger partial charge in [0.25, 0.3) is 0 Å². The molecule has 0 aliphatic heterocycles. The Balaban J connectivity index is 2.04. The van der Waals surface area contributed by atoms with E-state index in [9.17, 15) is 9.18 Å². The van der Waals surface area contributed by atoms with Gasteiger partial charge in [-0.2, -0.15) is 0 Å². The van der Waals surface area contributed by atoms with Gasteiger partial charge in [-0.3, -0.25) is 4.79 Å². The van der Waals surface area contributed by atoms with Gasteiger partial charge in [-0.05, 0) is 43.3 Å². The molecule has 26 heavy (non-hydrogen) atoms. The summed E-state index contributed by atoms with van der Waals surface area (Å²) in [5.41, 5.74) is 2.26. The molecule has 0 saturated heterocycles.